The van der Waals surface area contributed by atoms with E-state index in [1.807, 2.05) is 6.07 Å². The predicted molar refractivity (Wildman–Crippen MR) is 58.3 cm³/mol. The molecule has 0 spiro atoms. The molecule has 0 saturated heterocycles. The first-order valence-electron chi connectivity index (χ1n) is 4.08. The molecule has 0 fully saturated rings. The molecule has 0 amide bonds. The number of rotatable bonds is 5. The minimum atomic E-state index is 0.354. The molecule has 1 aromatic rings. The van der Waals surface area contributed by atoms with Gasteiger partial charge in [-0.3, -0.25) is 0 Å². The van der Waals surface area contributed by atoms with Crippen molar-refractivity contribution in [2.75, 3.05) is 11.8 Å². The van der Waals surface area contributed by atoms with Crippen LogP contribution >= 0.6 is 11.8 Å². The molecule has 0 radical (unpaired) electrons. The number of nitriles is 1. The average Bonchev–Trinajstić information content (AvgIpc) is 2.30. The summed E-state index contributed by atoms with van der Waals surface area (Å²) in [5, 5.41) is 11.9. The fraction of sp³-hybridized carbons (Fsp3) is 0.222. The molecular formula is C9H8N4OS. The highest BCUT2D eigenvalue weighted by atomic mass is 32.2. The zero-order valence-electron chi connectivity index (χ0n) is 7.83. The van der Waals surface area contributed by atoms with Crippen LogP contribution in [0.5, 0.6) is 5.75 Å². The van der Waals surface area contributed by atoms with Gasteiger partial charge >= 0.3 is 0 Å². The van der Waals surface area contributed by atoms with E-state index in [9.17, 15) is 0 Å². The lowest BCUT2D eigenvalue weighted by Crippen LogP contribution is -1.92. The summed E-state index contributed by atoms with van der Waals surface area (Å²) in [6.45, 7) is 0. The molecule has 0 aromatic heterocycles. The monoisotopic (exact) mass is 220 g/mol. The SMILES string of the molecule is N#Cc1ccc(OCSCN=[N+]=[N-])cc1. The number of thioether (sulfide) groups is 1. The van der Waals surface area contributed by atoms with Crippen LogP contribution in [-0.2, 0) is 0 Å². The average molecular weight is 220 g/mol. The summed E-state index contributed by atoms with van der Waals surface area (Å²) < 4.78 is 5.32. The van der Waals surface area contributed by atoms with Crippen molar-refractivity contribution in [2.24, 2.45) is 5.11 Å². The quantitative estimate of drug-likeness (QED) is 0.251. The Bertz CT molecular complexity index is 392. The maximum Gasteiger partial charge on any atom is 0.134 e. The van der Waals surface area contributed by atoms with Gasteiger partial charge < -0.3 is 4.74 Å². The van der Waals surface area contributed by atoms with E-state index in [1.165, 1.54) is 11.8 Å². The van der Waals surface area contributed by atoms with Crippen molar-refractivity contribution < 1.29 is 4.74 Å². The molecule has 0 N–H and O–H groups in total. The lowest BCUT2D eigenvalue weighted by atomic mass is 10.2. The second-order valence-corrected chi connectivity index (χ2v) is 3.36. The Morgan fingerprint density at radius 1 is 1.47 bits per heavy atom. The summed E-state index contributed by atoms with van der Waals surface area (Å²) in [5.41, 5.74) is 8.61. The standard InChI is InChI=1S/C9H8N4OS/c10-5-8-1-3-9(4-2-8)14-7-15-6-12-13-11/h1-4H,6-7H2. The Morgan fingerprint density at radius 3 is 2.80 bits per heavy atom. The third kappa shape index (κ3) is 4.27. The van der Waals surface area contributed by atoms with Crippen molar-refractivity contribution in [1.82, 2.24) is 0 Å². The van der Waals surface area contributed by atoms with Gasteiger partial charge in [0.1, 0.15) is 11.7 Å². The first-order chi connectivity index (χ1) is 7.36. The molecule has 0 aliphatic heterocycles. The highest BCUT2D eigenvalue weighted by Crippen LogP contribution is 2.13. The highest BCUT2D eigenvalue weighted by molar-refractivity contribution is 7.99. The van der Waals surface area contributed by atoms with Crippen molar-refractivity contribution in [2.45, 2.75) is 0 Å². The molecular weight excluding hydrogens is 212 g/mol. The van der Waals surface area contributed by atoms with Crippen LogP contribution in [-0.4, -0.2) is 11.8 Å². The van der Waals surface area contributed by atoms with Crippen LogP contribution < -0.4 is 4.74 Å². The van der Waals surface area contributed by atoms with Gasteiger partial charge in [-0.1, -0.05) is 5.11 Å². The van der Waals surface area contributed by atoms with E-state index in [0.29, 0.717) is 23.1 Å². The normalized spacial score (nSPS) is 8.73. The first kappa shape index (κ1) is 11.2. The fourth-order valence-electron chi connectivity index (χ4n) is 0.839. The number of hydrogen-bond acceptors (Lipinski definition) is 4. The number of nitrogens with zero attached hydrogens (tertiary/aromatic N) is 4. The van der Waals surface area contributed by atoms with Crippen LogP contribution in [0.3, 0.4) is 0 Å². The van der Waals surface area contributed by atoms with Crippen molar-refractivity contribution in [3.05, 3.63) is 40.3 Å². The van der Waals surface area contributed by atoms with Crippen LogP contribution in [0.1, 0.15) is 5.56 Å². The lowest BCUT2D eigenvalue weighted by molar-refractivity contribution is 0.393. The molecule has 5 nitrogen and oxygen atoms in total. The number of benzene rings is 1. The van der Waals surface area contributed by atoms with E-state index < -0.39 is 0 Å². The molecule has 0 heterocycles. The van der Waals surface area contributed by atoms with Gasteiger partial charge in [-0.15, -0.1) is 11.8 Å². The molecule has 1 rings (SSSR count). The highest BCUT2D eigenvalue weighted by Gasteiger charge is 1.93. The summed E-state index contributed by atoms with van der Waals surface area (Å²) in [4.78, 5) is 2.62. The summed E-state index contributed by atoms with van der Waals surface area (Å²) in [7, 11) is 0. The van der Waals surface area contributed by atoms with Crippen LogP contribution in [0.4, 0.5) is 0 Å². The molecule has 6 heteroatoms. The number of hydrogen-bond donors (Lipinski definition) is 0. The van der Waals surface area contributed by atoms with Crippen molar-refractivity contribution >= 4 is 11.8 Å². The van der Waals surface area contributed by atoms with Gasteiger partial charge in [0.25, 0.3) is 0 Å². The van der Waals surface area contributed by atoms with Gasteiger partial charge in [0.05, 0.1) is 17.5 Å². The van der Waals surface area contributed by atoms with E-state index in [1.54, 1.807) is 24.3 Å². The molecule has 0 aliphatic rings. The molecule has 0 unspecified atom stereocenters. The summed E-state index contributed by atoms with van der Waals surface area (Å²) in [6, 6.07) is 8.86. The van der Waals surface area contributed by atoms with Gasteiger partial charge in [0.15, 0.2) is 0 Å². The predicted octanol–water partition coefficient (Wildman–Crippen LogP) is 2.90. The fourth-order valence-corrected chi connectivity index (χ4v) is 1.27. The Labute approximate surface area is 91.3 Å². The van der Waals surface area contributed by atoms with Crippen molar-refractivity contribution in [1.29, 1.82) is 5.26 Å². The third-order valence-corrected chi connectivity index (χ3v) is 2.09. The maximum atomic E-state index is 8.56. The van der Waals surface area contributed by atoms with Gasteiger partial charge in [0, 0.05) is 4.91 Å². The van der Waals surface area contributed by atoms with E-state index in [-0.39, 0.29) is 0 Å². The Hall–Kier alpha value is -1.83. The summed E-state index contributed by atoms with van der Waals surface area (Å²) >= 11 is 1.37. The van der Waals surface area contributed by atoms with Gasteiger partial charge in [-0.05, 0) is 29.8 Å². The van der Waals surface area contributed by atoms with E-state index in [0.717, 1.165) is 0 Å². The summed E-state index contributed by atoms with van der Waals surface area (Å²) in [5.74, 6) is 1.47. The van der Waals surface area contributed by atoms with Crippen LogP contribution in [0, 0.1) is 11.3 Å². The van der Waals surface area contributed by atoms with Crippen molar-refractivity contribution in [3.8, 4) is 11.8 Å². The van der Waals surface area contributed by atoms with E-state index >= 15 is 0 Å². The minimum absolute atomic E-state index is 0.354. The Morgan fingerprint density at radius 2 is 2.20 bits per heavy atom. The smallest absolute Gasteiger partial charge is 0.134 e. The topological polar surface area (TPSA) is 81.8 Å². The Balaban J connectivity index is 2.32. The van der Waals surface area contributed by atoms with Gasteiger partial charge in [-0.2, -0.15) is 5.26 Å². The number of azide groups is 1. The number of ether oxygens (including phenoxy) is 1. The lowest BCUT2D eigenvalue weighted by Gasteiger charge is -2.03. The largest absolute Gasteiger partial charge is 0.483 e. The van der Waals surface area contributed by atoms with Gasteiger partial charge in [-0.25, -0.2) is 0 Å². The molecule has 15 heavy (non-hydrogen) atoms. The molecule has 0 saturated carbocycles. The second-order valence-electron chi connectivity index (χ2n) is 2.46. The molecule has 0 atom stereocenters. The second kappa shape index (κ2) is 6.60. The van der Waals surface area contributed by atoms with E-state index in [2.05, 4.69) is 10.0 Å². The van der Waals surface area contributed by atoms with E-state index in [4.69, 9.17) is 15.5 Å². The maximum absolute atomic E-state index is 8.56. The minimum Gasteiger partial charge on any atom is -0.483 e. The summed E-state index contributed by atoms with van der Waals surface area (Å²) in [6.07, 6.45) is 0. The van der Waals surface area contributed by atoms with Crippen molar-refractivity contribution in [3.63, 3.8) is 0 Å². The molecule has 0 aliphatic carbocycles. The zero-order chi connectivity index (χ0) is 10.9. The van der Waals surface area contributed by atoms with Crippen LogP contribution in [0.2, 0.25) is 0 Å². The molecule has 76 valence electrons. The van der Waals surface area contributed by atoms with Crippen LogP contribution in [0.25, 0.3) is 10.4 Å². The Kier molecular flexibility index (Phi) is 4.95. The third-order valence-electron chi connectivity index (χ3n) is 1.50. The first-order valence-corrected chi connectivity index (χ1v) is 5.24. The van der Waals surface area contributed by atoms with Gasteiger partial charge in [0.2, 0.25) is 0 Å². The molecule has 0 bridgehead atoms. The van der Waals surface area contributed by atoms with Crippen LogP contribution in [0.15, 0.2) is 29.4 Å². The zero-order valence-corrected chi connectivity index (χ0v) is 8.65. The molecule has 1 aromatic carbocycles.